The molecule has 1 aromatic heterocycles. The van der Waals surface area contributed by atoms with Crippen molar-refractivity contribution >= 4 is 27.8 Å². The van der Waals surface area contributed by atoms with Crippen molar-refractivity contribution in [2.75, 3.05) is 13.6 Å². The van der Waals surface area contributed by atoms with Gasteiger partial charge in [0, 0.05) is 24.3 Å². The number of guanidine groups is 1. The van der Waals surface area contributed by atoms with E-state index in [0.29, 0.717) is 11.7 Å². The minimum atomic E-state index is -0.513. The summed E-state index contributed by atoms with van der Waals surface area (Å²) < 4.78 is 2.91. The number of hydrogen-bond acceptors (Lipinski definition) is 4. The fourth-order valence-corrected chi connectivity index (χ4v) is 4.06. The van der Waals surface area contributed by atoms with Crippen molar-refractivity contribution in [3.63, 3.8) is 0 Å². The van der Waals surface area contributed by atoms with Gasteiger partial charge in [0.15, 0.2) is 17.8 Å². The van der Waals surface area contributed by atoms with Gasteiger partial charge in [-0.05, 0) is 34.8 Å². The number of nitrogens with two attached hydrogens (primary N) is 1. The molecular weight excluding hydrogens is 310 g/mol. The molecule has 2 atom stereocenters. The van der Waals surface area contributed by atoms with Crippen molar-refractivity contribution in [2.45, 2.75) is 24.7 Å². The summed E-state index contributed by atoms with van der Waals surface area (Å²) in [4.78, 5) is 21.1. The predicted molar refractivity (Wildman–Crippen MR) is 73.6 cm³/mol. The second-order valence-electron chi connectivity index (χ2n) is 5.34. The van der Waals surface area contributed by atoms with Crippen LogP contribution in [0.15, 0.2) is 21.7 Å². The number of nitrogens with zero attached hydrogens (tertiary/aromatic N) is 4. The van der Waals surface area contributed by atoms with Gasteiger partial charge in [0.2, 0.25) is 0 Å². The van der Waals surface area contributed by atoms with E-state index in [1.807, 2.05) is 33.7 Å². The molecule has 0 aromatic carbocycles. The maximum atomic E-state index is 12.6. The molecule has 0 bridgehead atoms. The zero-order valence-corrected chi connectivity index (χ0v) is 12.1. The van der Waals surface area contributed by atoms with Crippen molar-refractivity contribution in [2.24, 2.45) is 10.7 Å². The highest BCUT2D eigenvalue weighted by molar-refractivity contribution is 9.10. The van der Waals surface area contributed by atoms with E-state index in [0.717, 1.165) is 23.9 Å². The summed E-state index contributed by atoms with van der Waals surface area (Å²) in [5.74, 6) is 0.550. The number of likely N-dealkylation sites (N-methyl/N-ethyl adjacent to an activating group) is 1. The first-order valence-corrected chi connectivity index (χ1v) is 7.11. The SMILES string of the molecule is CN1C(N)=NC23CCCN2C(=O)c2cc(Br)cn2C13. The topological polar surface area (TPSA) is 66.9 Å². The zero-order valence-electron chi connectivity index (χ0n) is 10.5. The maximum absolute atomic E-state index is 12.6. The van der Waals surface area contributed by atoms with E-state index in [9.17, 15) is 4.79 Å². The smallest absolute Gasteiger partial charge is 0.272 e. The molecule has 2 N–H and O–H groups in total. The highest BCUT2D eigenvalue weighted by atomic mass is 79.9. The summed E-state index contributed by atoms with van der Waals surface area (Å²) in [5, 5.41) is 0. The lowest BCUT2D eigenvalue weighted by atomic mass is 10.0. The molecule has 3 aliphatic heterocycles. The fraction of sp³-hybridized carbons (Fsp3) is 0.500. The Morgan fingerprint density at radius 3 is 3.16 bits per heavy atom. The van der Waals surface area contributed by atoms with Crippen LogP contribution in [-0.4, -0.2) is 45.5 Å². The number of carbonyl (C=O) groups excluding carboxylic acids is 1. The molecule has 4 heterocycles. The third kappa shape index (κ3) is 1.17. The number of halogens is 1. The van der Waals surface area contributed by atoms with Crippen LogP contribution in [0.1, 0.15) is 29.5 Å². The van der Waals surface area contributed by atoms with Crippen LogP contribution in [0.4, 0.5) is 0 Å². The van der Waals surface area contributed by atoms with E-state index < -0.39 is 5.66 Å². The van der Waals surface area contributed by atoms with Crippen LogP contribution in [0, 0.1) is 0 Å². The molecule has 1 fully saturated rings. The van der Waals surface area contributed by atoms with Crippen LogP contribution in [-0.2, 0) is 0 Å². The summed E-state index contributed by atoms with van der Waals surface area (Å²) in [6.07, 6.45) is 3.75. The lowest BCUT2D eigenvalue weighted by Gasteiger charge is -2.44. The minimum absolute atomic E-state index is 0.0333. The first-order valence-electron chi connectivity index (χ1n) is 6.32. The molecule has 6 nitrogen and oxygen atoms in total. The van der Waals surface area contributed by atoms with Gasteiger partial charge in [-0.1, -0.05) is 0 Å². The van der Waals surface area contributed by atoms with Gasteiger partial charge in [-0.15, -0.1) is 0 Å². The minimum Gasteiger partial charge on any atom is -0.370 e. The molecule has 4 rings (SSSR count). The summed E-state index contributed by atoms with van der Waals surface area (Å²) in [5.41, 5.74) is 6.20. The Kier molecular flexibility index (Phi) is 1.99. The Labute approximate surface area is 119 Å². The summed E-state index contributed by atoms with van der Waals surface area (Å²) in [6.45, 7) is 0.753. The van der Waals surface area contributed by atoms with Gasteiger partial charge in [0.25, 0.3) is 5.91 Å². The van der Waals surface area contributed by atoms with Crippen LogP contribution < -0.4 is 5.73 Å². The molecule has 0 saturated carbocycles. The molecule has 0 aliphatic carbocycles. The number of aliphatic imine (C=N–C) groups is 1. The summed E-state index contributed by atoms with van der Waals surface area (Å²) >= 11 is 3.45. The van der Waals surface area contributed by atoms with Gasteiger partial charge in [-0.25, -0.2) is 4.99 Å². The highest BCUT2D eigenvalue weighted by Crippen LogP contribution is 2.49. The maximum Gasteiger partial charge on any atom is 0.272 e. The van der Waals surface area contributed by atoms with Crippen LogP contribution >= 0.6 is 15.9 Å². The first kappa shape index (κ1) is 11.3. The number of fused-ring (bicyclic) bond motifs is 2. The average Bonchev–Trinajstić information content (AvgIpc) is 2.98. The van der Waals surface area contributed by atoms with Gasteiger partial charge in [-0.3, -0.25) is 4.79 Å². The molecule has 1 saturated heterocycles. The molecule has 1 aromatic rings. The number of carbonyl (C=O) groups is 1. The van der Waals surface area contributed by atoms with E-state index in [2.05, 4.69) is 20.9 Å². The number of aromatic nitrogens is 1. The monoisotopic (exact) mass is 323 g/mol. The second-order valence-corrected chi connectivity index (χ2v) is 6.26. The van der Waals surface area contributed by atoms with Crippen molar-refractivity contribution in [3.8, 4) is 0 Å². The first-order chi connectivity index (χ1) is 9.04. The molecule has 1 spiro atoms. The highest BCUT2D eigenvalue weighted by Gasteiger charge is 2.59. The standard InChI is InChI=1S/C12H14BrN5O/c1-16-10-12(15-11(16)14)3-2-4-18(12)9(19)8-5-7(13)6-17(8)10/h5-6,10H,2-4H2,1H3,(H2,14,15). The Morgan fingerprint density at radius 2 is 2.37 bits per heavy atom. The Hall–Kier alpha value is -1.50. The molecule has 2 unspecified atom stereocenters. The lowest BCUT2D eigenvalue weighted by molar-refractivity contribution is 0.0196. The quantitative estimate of drug-likeness (QED) is 0.773. The molecule has 100 valence electrons. The van der Waals surface area contributed by atoms with E-state index in [4.69, 9.17) is 5.73 Å². The van der Waals surface area contributed by atoms with Gasteiger partial charge in [0.1, 0.15) is 5.69 Å². The predicted octanol–water partition coefficient (Wildman–Crippen LogP) is 0.955. The van der Waals surface area contributed by atoms with E-state index in [-0.39, 0.29) is 12.1 Å². The second kappa shape index (κ2) is 3.33. The third-order valence-corrected chi connectivity index (χ3v) is 4.82. The molecule has 1 amide bonds. The van der Waals surface area contributed by atoms with E-state index in [1.165, 1.54) is 0 Å². The van der Waals surface area contributed by atoms with Gasteiger partial charge < -0.3 is 20.1 Å². The fourth-order valence-electron chi connectivity index (χ4n) is 3.63. The lowest BCUT2D eigenvalue weighted by Crippen LogP contribution is -2.57. The van der Waals surface area contributed by atoms with Crippen LogP contribution in [0.3, 0.4) is 0 Å². The van der Waals surface area contributed by atoms with Gasteiger partial charge >= 0.3 is 0 Å². The largest absolute Gasteiger partial charge is 0.370 e. The number of rotatable bonds is 0. The van der Waals surface area contributed by atoms with E-state index >= 15 is 0 Å². The van der Waals surface area contributed by atoms with Gasteiger partial charge in [0.05, 0.1) is 0 Å². The van der Waals surface area contributed by atoms with Crippen molar-refractivity contribution in [1.82, 2.24) is 14.4 Å². The van der Waals surface area contributed by atoms with Crippen molar-refractivity contribution < 1.29 is 4.79 Å². The average molecular weight is 324 g/mol. The summed E-state index contributed by atoms with van der Waals surface area (Å²) in [7, 11) is 1.93. The number of hydrogen-bond donors (Lipinski definition) is 1. The molecular formula is C12H14BrN5O. The molecule has 7 heteroatoms. The third-order valence-electron chi connectivity index (χ3n) is 4.39. The normalized spacial score (nSPS) is 32.2. The van der Waals surface area contributed by atoms with Crippen molar-refractivity contribution in [1.29, 1.82) is 0 Å². The Bertz CT molecular complexity index is 624. The van der Waals surface area contributed by atoms with Crippen LogP contribution in [0.5, 0.6) is 0 Å². The molecule has 0 radical (unpaired) electrons. The van der Waals surface area contributed by atoms with E-state index in [1.54, 1.807) is 0 Å². The molecule has 19 heavy (non-hydrogen) atoms. The van der Waals surface area contributed by atoms with Crippen molar-refractivity contribution in [3.05, 3.63) is 22.4 Å². The Balaban J connectivity index is 1.99. The van der Waals surface area contributed by atoms with Crippen LogP contribution in [0.25, 0.3) is 0 Å². The zero-order chi connectivity index (χ0) is 13.4. The number of amides is 1. The summed E-state index contributed by atoms with van der Waals surface area (Å²) in [6, 6.07) is 1.87. The van der Waals surface area contributed by atoms with Crippen LogP contribution in [0.2, 0.25) is 0 Å². The Morgan fingerprint density at radius 1 is 1.58 bits per heavy atom. The van der Waals surface area contributed by atoms with Gasteiger partial charge in [-0.2, -0.15) is 0 Å². The molecule has 3 aliphatic rings.